The molecule has 0 bridgehead atoms. The van der Waals surface area contributed by atoms with Crippen LogP contribution in [0.25, 0.3) is 0 Å². The summed E-state index contributed by atoms with van der Waals surface area (Å²) < 4.78 is 0. The highest BCUT2D eigenvalue weighted by Crippen LogP contribution is 2.24. The van der Waals surface area contributed by atoms with Gasteiger partial charge in [0.25, 0.3) is 5.91 Å². The standard InChI is InChI=1S/C25H29N5O/c1-25(2,3)19-8-6-18(7-9-19)24(31)28-21-12-10-20(11-13-21)27-23-16-22(17-26-29-23)30-14-4-5-15-30/h6-13,16-17H,4-5,14-15H2,1-3H3,(H,27,29)(H,28,31). The van der Waals surface area contributed by atoms with Gasteiger partial charge in [0.2, 0.25) is 0 Å². The molecule has 1 aliphatic heterocycles. The number of hydrogen-bond acceptors (Lipinski definition) is 5. The average Bonchev–Trinajstić information content (AvgIpc) is 3.30. The van der Waals surface area contributed by atoms with Crippen LogP contribution >= 0.6 is 0 Å². The fourth-order valence-corrected chi connectivity index (χ4v) is 3.68. The number of benzene rings is 2. The molecule has 0 radical (unpaired) electrons. The molecule has 1 saturated heterocycles. The Hall–Kier alpha value is -3.41. The molecule has 1 aliphatic rings. The molecule has 31 heavy (non-hydrogen) atoms. The van der Waals surface area contributed by atoms with E-state index in [1.54, 1.807) is 0 Å². The van der Waals surface area contributed by atoms with E-state index in [0.717, 1.165) is 30.2 Å². The Morgan fingerprint density at radius 2 is 1.58 bits per heavy atom. The molecule has 3 aromatic rings. The topological polar surface area (TPSA) is 70.2 Å². The highest BCUT2D eigenvalue weighted by atomic mass is 16.1. The number of nitrogens with one attached hydrogen (secondary N) is 2. The Labute approximate surface area is 183 Å². The van der Waals surface area contributed by atoms with Gasteiger partial charge in [-0.15, -0.1) is 5.10 Å². The van der Waals surface area contributed by atoms with Gasteiger partial charge in [-0.1, -0.05) is 32.9 Å². The quantitative estimate of drug-likeness (QED) is 0.586. The predicted molar refractivity (Wildman–Crippen MR) is 126 cm³/mol. The van der Waals surface area contributed by atoms with Crippen LogP contribution in [0.1, 0.15) is 49.5 Å². The van der Waals surface area contributed by atoms with Gasteiger partial charge in [0, 0.05) is 36.1 Å². The highest BCUT2D eigenvalue weighted by Gasteiger charge is 2.15. The molecule has 2 N–H and O–H groups in total. The normalized spacial score (nSPS) is 13.8. The third kappa shape index (κ3) is 5.20. The van der Waals surface area contributed by atoms with Crippen LogP contribution in [0.3, 0.4) is 0 Å². The van der Waals surface area contributed by atoms with Crippen molar-refractivity contribution >= 4 is 28.8 Å². The van der Waals surface area contributed by atoms with Gasteiger partial charge in [0.1, 0.15) is 0 Å². The summed E-state index contributed by atoms with van der Waals surface area (Å²) in [5.74, 6) is 0.588. The summed E-state index contributed by atoms with van der Waals surface area (Å²) in [5, 5.41) is 14.5. The number of carbonyl (C=O) groups excluding carboxylic acids is 1. The maximum absolute atomic E-state index is 12.6. The maximum atomic E-state index is 12.6. The largest absolute Gasteiger partial charge is 0.370 e. The van der Waals surface area contributed by atoms with Gasteiger partial charge in [-0.3, -0.25) is 4.79 Å². The predicted octanol–water partition coefficient (Wildman–Crippen LogP) is 5.37. The van der Waals surface area contributed by atoms with E-state index < -0.39 is 0 Å². The van der Waals surface area contributed by atoms with Crippen LogP contribution in [0.4, 0.5) is 22.9 Å². The first-order chi connectivity index (χ1) is 14.9. The van der Waals surface area contributed by atoms with Crippen LogP contribution in [-0.2, 0) is 5.41 Å². The second kappa shape index (κ2) is 8.76. The third-order valence-electron chi connectivity index (χ3n) is 5.54. The van der Waals surface area contributed by atoms with Crippen LogP contribution in [0, 0.1) is 0 Å². The minimum Gasteiger partial charge on any atom is -0.370 e. The molecule has 1 amide bonds. The summed E-state index contributed by atoms with van der Waals surface area (Å²) in [6, 6.07) is 17.4. The molecule has 2 heterocycles. The van der Waals surface area contributed by atoms with Crippen LogP contribution in [0.2, 0.25) is 0 Å². The van der Waals surface area contributed by atoms with Crippen molar-refractivity contribution in [2.45, 2.75) is 39.0 Å². The van der Waals surface area contributed by atoms with E-state index in [9.17, 15) is 4.79 Å². The van der Waals surface area contributed by atoms with Gasteiger partial charge in [-0.25, -0.2) is 0 Å². The van der Waals surface area contributed by atoms with Crippen molar-refractivity contribution < 1.29 is 4.79 Å². The van der Waals surface area contributed by atoms with Crippen molar-refractivity contribution in [2.24, 2.45) is 0 Å². The number of rotatable bonds is 5. The van der Waals surface area contributed by atoms with Crippen molar-refractivity contribution in [3.05, 3.63) is 71.9 Å². The molecular weight excluding hydrogens is 386 g/mol. The Balaban J connectivity index is 1.38. The molecule has 4 rings (SSSR count). The Kier molecular flexibility index (Phi) is 5.89. The number of anilines is 4. The fraction of sp³-hybridized carbons (Fsp3) is 0.320. The zero-order valence-electron chi connectivity index (χ0n) is 18.4. The van der Waals surface area contributed by atoms with E-state index in [1.807, 2.05) is 60.8 Å². The molecule has 1 fully saturated rings. The molecule has 0 atom stereocenters. The van der Waals surface area contributed by atoms with E-state index in [-0.39, 0.29) is 11.3 Å². The molecule has 0 unspecified atom stereocenters. The molecule has 6 heteroatoms. The molecule has 6 nitrogen and oxygen atoms in total. The highest BCUT2D eigenvalue weighted by molar-refractivity contribution is 6.04. The Morgan fingerprint density at radius 1 is 0.935 bits per heavy atom. The lowest BCUT2D eigenvalue weighted by Gasteiger charge is -2.19. The first-order valence-electron chi connectivity index (χ1n) is 10.8. The van der Waals surface area contributed by atoms with Crippen LogP contribution in [0.15, 0.2) is 60.8 Å². The lowest BCUT2D eigenvalue weighted by Crippen LogP contribution is -2.18. The minimum absolute atomic E-state index is 0.0657. The summed E-state index contributed by atoms with van der Waals surface area (Å²) in [6.07, 6.45) is 4.25. The second-order valence-electron chi connectivity index (χ2n) is 8.98. The number of hydrogen-bond donors (Lipinski definition) is 2. The smallest absolute Gasteiger partial charge is 0.255 e. The molecule has 0 saturated carbocycles. The van der Waals surface area contributed by atoms with Crippen molar-refractivity contribution in [1.29, 1.82) is 0 Å². The van der Waals surface area contributed by atoms with Crippen molar-refractivity contribution in [3.8, 4) is 0 Å². The molecule has 2 aromatic carbocycles. The zero-order chi connectivity index (χ0) is 21.8. The van der Waals surface area contributed by atoms with E-state index in [2.05, 4.69) is 46.5 Å². The summed E-state index contributed by atoms with van der Waals surface area (Å²) in [6.45, 7) is 8.61. The van der Waals surface area contributed by atoms with Crippen molar-refractivity contribution in [3.63, 3.8) is 0 Å². The van der Waals surface area contributed by atoms with Crippen LogP contribution in [-0.4, -0.2) is 29.2 Å². The molecule has 0 aliphatic carbocycles. The van der Waals surface area contributed by atoms with Crippen molar-refractivity contribution in [1.82, 2.24) is 10.2 Å². The Bertz CT molecular complexity index is 1030. The van der Waals surface area contributed by atoms with Crippen LogP contribution in [0.5, 0.6) is 0 Å². The van der Waals surface area contributed by atoms with E-state index in [1.165, 1.54) is 18.4 Å². The second-order valence-corrected chi connectivity index (χ2v) is 8.98. The van der Waals surface area contributed by atoms with Gasteiger partial charge >= 0.3 is 0 Å². The number of nitrogens with zero attached hydrogens (tertiary/aromatic N) is 3. The number of amides is 1. The summed E-state index contributed by atoms with van der Waals surface area (Å²) in [5.41, 5.74) is 4.64. The summed E-state index contributed by atoms with van der Waals surface area (Å²) >= 11 is 0. The van der Waals surface area contributed by atoms with Gasteiger partial charge in [-0.05, 0) is 60.2 Å². The Morgan fingerprint density at radius 3 is 2.23 bits per heavy atom. The first-order valence-corrected chi connectivity index (χ1v) is 10.8. The van der Waals surface area contributed by atoms with E-state index in [4.69, 9.17) is 0 Å². The number of aromatic nitrogens is 2. The lowest BCUT2D eigenvalue weighted by atomic mass is 9.87. The van der Waals surface area contributed by atoms with Gasteiger partial charge in [0.05, 0.1) is 11.9 Å². The number of carbonyl (C=O) groups is 1. The van der Waals surface area contributed by atoms with E-state index in [0.29, 0.717) is 11.4 Å². The van der Waals surface area contributed by atoms with Crippen molar-refractivity contribution in [2.75, 3.05) is 28.6 Å². The molecule has 1 aromatic heterocycles. The average molecular weight is 416 g/mol. The third-order valence-corrected chi connectivity index (χ3v) is 5.54. The fourth-order valence-electron chi connectivity index (χ4n) is 3.68. The SMILES string of the molecule is CC(C)(C)c1ccc(C(=O)Nc2ccc(Nc3cc(N4CCCC4)cnn3)cc2)cc1. The zero-order valence-corrected chi connectivity index (χ0v) is 18.4. The first kappa shape index (κ1) is 20.8. The summed E-state index contributed by atoms with van der Waals surface area (Å²) in [4.78, 5) is 14.9. The van der Waals surface area contributed by atoms with E-state index >= 15 is 0 Å². The molecule has 0 spiro atoms. The van der Waals surface area contributed by atoms with Gasteiger partial charge in [-0.2, -0.15) is 5.10 Å². The molecule has 160 valence electrons. The van der Waals surface area contributed by atoms with Crippen LogP contribution < -0.4 is 15.5 Å². The summed E-state index contributed by atoms with van der Waals surface area (Å²) in [7, 11) is 0. The molecular formula is C25H29N5O. The van der Waals surface area contributed by atoms with Gasteiger partial charge in [0.15, 0.2) is 5.82 Å². The maximum Gasteiger partial charge on any atom is 0.255 e. The van der Waals surface area contributed by atoms with Gasteiger partial charge < -0.3 is 15.5 Å². The minimum atomic E-state index is -0.120. The lowest BCUT2D eigenvalue weighted by molar-refractivity contribution is 0.102. The monoisotopic (exact) mass is 415 g/mol.